The zero-order valence-corrected chi connectivity index (χ0v) is 9.66. The van der Waals surface area contributed by atoms with E-state index in [2.05, 4.69) is 25.0 Å². The fourth-order valence-electron chi connectivity index (χ4n) is 2.06. The maximum absolute atomic E-state index is 9.08. The molecule has 0 aromatic carbocycles. The van der Waals surface area contributed by atoms with Crippen LogP contribution in [0.3, 0.4) is 0 Å². The molecule has 3 N–H and O–H groups in total. The largest absolute Gasteiger partial charge is 0.394 e. The summed E-state index contributed by atoms with van der Waals surface area (Å²) in [6, 6.07) is -0.511. The molecule has 0 spiro atoms. The van der Waals surface area contributed by atoms with Gasteiger partial charge >= 0.3 is 0 Å². The van der Waals surface area contributed by atoms with E-state index in [1.54, 1.807) is 4.57 Å². The van der Waals surface area contributed by atoms with E-state index >= 15 is 0 Å². The second-order valence-electron chi connectivity index (χ2n) is 4.03. The van der Waals surface area contributed by atoms with Gasteiger partial charge in [-0.1, -0.05) is 5.11 Å². The predicted molar refractivity (Wildman–Crippen MR) is 63.7 cm³/mol. The Morgan fingerprint density at radius 3 is 3.11 bits per heavy atom. The molecule has 3 heterocycles. The van der Waals surface area contributed by atoms with E-state index < -0.39 is 18.4 Å². The van der Waals surface area contributed by atoms with Gasteiger partial charge in [-0.15, -0.1) is 0 Å². The summed E-state index contributed by atoms with van der Waals surface area (Å²) in [5.41, 5.74) is 15.2. The number of aliphatic hydroxyl groups is 1. The fourth-order valence-corrected chi connectivity index (χ4v) is 2.06. The van der Waals surface area contributed by atoms with Crippen molar-refractivity contribution in [2.24, 2.45) is 5.11 Å². The molecule has 1 saturated heterocycles. The molecule has 0 saturated carbocycles. The number of nitrogens with zero attached hydrogens (tertiary/aromatic N) is 7. The third-order valence-corrected chi connectivity index (χ3v) is 3.01. The fraction of sp³-hybridized carbons (Fsp3) is 0.444. The molecule has 0 bridgehead atoms. The molecular formula is C9H10N8O2. The molecule has 3 atom stereocenters. The number of fused-ring (bicyclic) bond motifs is 1. The van der Waals surface area contributed by atoms with Crippen LogP contribution in [0.4, 0.5) is 5.82 Å². The molecule has 0 radical (unpaired) electrons. The zero-order valence-electron chi connectivity index (χ0n) is 9.66. The smallest absolute Gasteiger partial charge is 0.167 e. The number of rotatable bonds is 3. The van der Waals surface area contributed by atoms with Gasteiger partial charge in [0.25, 0.3) is 0 Å². The number of nitrogen functional groups attached to an aromatic ring is 1. The van der Waals surface area contributed by atoms with E-state index in [0.717, 1.165) is 0 Å². The van der Waals surface area contributed by atoms with Crippen LogP contribution in [0.5, 0.6) is 0 Å². The van der Waals surface area contributed by atoms with Crippen molar-refractivity contribution in [3.8, 4) is 0 Å². The van der Waals surface area contributed by atoms with Crippen LogP contribution < -0.4 is 5.73 Å². The Bertz CT molecular complexity index is 663. The first-order valence-electron chi connectivity index (χ1n) is 5.49. The standard InChI is InChI=1S/C9H10N8O2/c10-7-6-8(13-2-12-7)17(3-14-6)9-5(15-16-11)4(1-18)19-9/h2-5,9,18H,1H2,(H2,10,12,13). The van der Waals surface area contributed by atoms with Gasteiger partial charge in [-0.2, -0.15) is 0 Å². The molecule has 10 heteroatoms. The van der Waals surface area contributed by atoms with Crippen LogP contribution in [-0.4, -0.2) is 43.4 Å². The minimum Gasteiger partial charge on any atom is -0.394 e. The number of azide groups is 1. The highest BCUT2D eigenvalue weighted by Gasteiger charge is 2.43. The molecule has 1 aliphatic rings. The number of hydrogen-bond donors (Lipinski definition) is 2. The van der Waals surface area contributed by atoms with E-state index in [0.29, 0.717) is 11.2 Å². The normalized spacial score (nSPS) is 25.8. The van der Waals surface area contributed by atoms with Crippen LogP contribution in [0.15, 0.2) is 17.8 Å². The Labute approximate surface area is 106 Å². The molecule has 0 amide bonds. The number of anilines is 1. The lowest BCUT2D eigenvalue weighted by molar-refractivity contribution is -0.196. The third-order valence-electron chi connectivity index (χ3n) is 3.01. The molecule has 10 nitrogen and oxygen atoms in total. The van der Waals surface area contributed by atoms with Gasteiger partial charge in [-0.3, -0.25) is 4.57 Å². The number of nitrogens with two attached hydrogens (primary N) is 1. The van der Waals surface area contributed by atoms with Gasteiger partial charge in [-0.25, -0.2) is 15.0 Å². The van der Waals surface area contributed by atoms with Crippen molar-refractivity contribution in [1.82, 2.24) is 19.5 Å². The summed E-state index contributed by atoms with van der Waals surface area (Å²) in [7, 11) is 0. The minimum atomic E-state index is -0.549. The van der Waals surface area contributed by atoms with Crippen LogP contribution >= 0.6 is 0 Å². The van der Waals surface area contributed by atoms with Crippen LogP contribution in [0.1, 0.15) is 6.23 Å². The van der Waals surface area contributed by atoms with Crippen LogP contribution in [0, 0.1) is 0 Å². The number of aliphatic hydroxyl groups excluding tert-OH is 1. The monoisotopic (exact) mass is 262 g/mol. The van der Waals surface area contributed by atoms with Gasteiger partial charge in [-0.05, 0) is 5.53 Å². The van der Waals surface area contributed by atoms with Crippen molar-refractivity contribution in [3.63, 3.8) is 0 Å². The number of ether oxygens (including phenoxy) is 1. The third kappa shape index (κ3) is 1.66. The summed E-state index contributed by atoms with van der Waals surface area (Å²) < 4.78 is 7.06. The van der Waals surface area contributed by atoms with Crippen molar-refractivity contribution in [1.29, 1.82) is 0 Å². The van der Waals surface area contributed by atoms with Gasteiger partial charge in [0.1, 0.15) is 24.1 Å². The summed E-state index contributed by atoms with van der Waals surface area (Å²) in [6.45, 7) is -0.218. The maximum Gasteiger partial charge on any atom is 0.167 e. The maximum atomic E-state index is 9.08. The van der Waals surface area contributed by atoms with Crippen LogP contribution in [0.2, 0.25) is 0 Å². The highest BCUT2D eigenvalue weighted by atomic mass is 16.6. The molecular weight excluding hydrogens is 252 g/mol. The molecule has 2 aromatic heterocycles. The lowest BCUT2D eigenvalue weighted by Crippen LogP contribution is -2.50. The average Bonchev–Trinajstić information content (AvgIpc) is 2.81. The SMILES string of the molecule is [N-]=[N+]=NC1C(CO)OC1n1cnc2c(N)ncnc21. The summed E-state index contributed by atoms with van der Waals surface area (Å²) in [6.07, 6.45) is 1.75. The van der Waals surface area contributed by atoms with E-state index in [9.17, 15) is 0 Å². The average molecular weight is 262 g/mol. The van der Waals surface area contributed by atoms with Crippen molar-refractivity contribution in [2.75, 3.05) is 12.3 Å². The van der Waals surface area contributed by atoms with E-state index in [-0.39, 0.29) is 12.4 Å². The second-order valence-corrected chi connectivity index (χ2v) is 4.03. The molecule has 3 rings (SSSR count). The van der Waals surface area contributed by atoms with Crippen LogP contribution in [0.25, 0.3) is 21.6 Å². The van der Waals surface area contributed by atoms with Gasteiger partial charge in [0.05, 0.1) is 19.0 Å². The van der Waals surface area contributed by atoms with Crippen molar-refractivity contribution in [3.05, 3.63) is 23.1 Å². The van der Waals surface area contributed by atoms with Crippen molar-refractivity contribution >= 4 is 17.0 Å². The highest BCUT2D eigenvalue weighted by Crippen LogP contribution is 2.35. The number of hydrogen-bond acceptors (Lipinski definition) is 7. The van der Waals surface area contributed by atoms with E-state index in [4.69, 9.17) is 21.1 Å². The molecule has 0 aliphatic carbocycles. The molecule has 19 heavy (non-hydrogen) atoms. The van der Waals surface area contributed by atoms with Crippen molar-refractivity contribution < 1.29 is 9.84 Å². The van der Waals surface area contributed by atoms with Gasteiger partial charge in [0, 0.05) is 4.91 Å². The molecule has 3 unspecified atom stereocenters. The summed E-state index contributed by atoms with van der Waals surface area (Å²) in [4.78, 5) is 14.8. The van der Waals surface area contributed by atoms with Gasteiger partial charge in [0.2, 0.25) is 0 Å². The summed E-state index contributed by atoms with van der Waals surface area (Å²) in [5.74, 6) is 0.266. The Kier molecular flexibility index (Phi) is 2.67. The number of aromatic nitrogens is 4. The van der Waals surface area contributed by atoms with E-state index in [1.165, 1.54) is 12.7 Å². The first kappa shape index (κ1) is 11.7. The molecule has 98 valence electrons. The minimum absolute atomic E-state index is 0.218. The Hall–Kier alpha value is -2.42. The van der Waals surface area contributed by atoms with Gasteiger partial charge < -0.3 is 15.6 Å². The quantitative estimate of drug-likeness (QED) is 0.451. The highest BCUT2D eigenvalue weighted by molar-refractivity contribution is 5.81. The van der Waals surface area contributed by atoms with E-state index in [1.807, 2.05) is 0 Å². The topological polar surface area (TPSA) is 148 Å². The zero-order chi connectivity index (χ0) is 13.4. The van der Waals surface area contributed by atoms with Crippen LogP contribution in [-0.2, 0) is 4.74 Å². The lowest BCUT2D eigenvalue weighted by Gasteiger charge is -2.41. The number of imidazole rings is 1. The summed E-state index contributed by atoms with van der Waals surface area (Å²) in [5, 5.41) is 12.7. The summed E-state index contributed by atoms with van der Waals surface area (Å²) >= 11 is 0. The second kappa shape index (κ2) is 4.35. The van der Waals surface area contributed by atoms with Gasteiger partial charge in [0.15, 0.2) is 11.5 Å². The first-order valence-corrected chi connectivity index (χ1v) is 5.49. The Morgan fingerprint density at radius 2 is 2.37 bits per heavy atom. The van der Waals surface area contributed by atoms with Crippen molar-refractivity contribution in [2.45, 2.75) is 18.4 Å². The molecule has 1 fully saturated rings. The Morgan fingerprint density at radius 1 is 1.53 bits per heavy atom. The molecule has 1 aliphatic heterocycles. The predicted octanol–water partition coefficient (Wildman–Crippen LogP) is -0.0229. The Balaban J connectivity index is 2.01. The molecule has 2 aromatic rings. The lowest BCUT2D eigenvalue weighted by atomic mass is 10.1. The first-order chi connectivity index (χ1) is 9.26.